The number of hydrazone groups is 1. The molecular weight excluding hydrogens is 388 g/mol. The van der Waals surface area contributed by atoms with Gasteiger partial charge in [-0.1, -0.05) is 0 Å². The Labute approximate surface area is 183 Å². The molecule has 2 fully saturated rings. The Kier molecular flexibility index (Phi) is 5.68. The molecule has 2 aromatic heterocycles. The zero-order valence-corrected chi connectivity index (χ0v) is 18.2. The van der Waals surface area contributed by atoms with Crippen molar-refractivity contribution in [2.24, 2.45) is 5.10 Å². The van der Waals surface area contributed by atoms with Gasteiger partial charge in [-0.2, -0.15) is 5.10 Å². The molecule has 4 heterocycles. The number of nitrogens with one attached hydrogen (secondary N) is 2. The van der Waals surface area contributed by atoms with Crippen molar-refractivity contribution in [3.63, 3.8) is 0 Å². The van der Waals surface area contributed by atoms with E-state index in [0.29, 0.717) is 22.9 Å². The number of carbonyl (C=O) groups is 1. The molecule has 0 atom stereocenters. The van der Waals surface area contributed by atoms with E-state index in [4.69, 9.17) is 0 Å². The molecular formula is C24H30N6O. The van der Waals surface area contributed by atoms with Crippen LogP contribution in [0.3, 0.4) is 0 Å². The minimum absolute atomic E-state index is 0.193. The first-order chi connectivity index (χ1) is 15.2. The predicted octanol–water partition coefficient (Wildman–Crippen LogP) is 3.33. The lowest BCUT2D eigenvalue weighted by Gasteiger charge is -2.14. The number of aromatic amines is 1. The molecule has 0 unspecified atom stereocenters. The highest BCUT2D eigenvalue weighted by molar-refractivity contribution is 6.32. The van der Waals surface area contributed by atoms with Crippen LogP contribution in [0, 0.1) is 6.92 Å². The normalized spacial score (nSPS) is 20.5. The third-order valence-electron chi connectivity index (χ3n) is 6.59. The van der Waals surface area contributed by atoms with Gasteiger partial charge in [-0.15, -0.1) is 0 Å². The number of nitrogens with zero attached hydrogens (tertiary/aromatic N) is 4. The molecule has 31 heavy (non-hydrogen) atoms. The molecule has 1 saturated heterocycles. The summed E-state index contributed by atoms with van der Waals surface area (Å²) in [4.78, 5) is 27.1. The number of aromatic nitrogens is 3. The van der Waals surface area contributed by atoms with E-state index in [-0.39, 0.29) is 5.91 Å². The topological polar surface area (TPSA) is 86.3 Å². The molecule has 2 aliphatic heterocycles. The Morgan fingerprint density at radius 3 is 2.77 bits per heavy atom. The standard InChI is InChI=1S/C24H30N6O/c1-16-18(6-2-3-11-30-12-4-5-13-30)22(17-7-8-17)20(27-16)14-19-23(28-29-24(19)31)21-15-25-9-10-26-21/h9-10,14-15,17,27H,2-8,11-13H2,1H3,(H,29,31)/b19-14+. The van der Waals surface area contributed by atoms with Gasteiger partial charge in [0.15, 0.2) is 0 Å². The minimum Gasteiger partial charge on any atom is -0.359 e. The summed E-state index contributed by atoms with van der Waals surface area (Å²) in [6, 6.07) is 0. The average molecular weight is 419 g/mol. The number of aryl methyl sites for hydroxylation is 1. The first-order valence-corrected chi connectivity index (χ1v) is 11.5. The molecule has 1 aliphatic carbocycles. The fourth-order valence-corrected chi connectivity index (χ4v) is 4.86. The van der Waals surface area contributed by atoms with Crippen molar-refractivity contribution in [2.75, 3.05) is 19.6 Å². The summed E-state index contributed by atoms with van der Waals surface area (Å²) in [7, 11) is 0. The number of H-pyrrole nitrogens is 1. The number of hydrogen-bond acceptors (Lipinski definition) is 5. The Hall–Kier alpha value is -2.80. The smallest absolute Gasteiger partial charge is 0.273 e. The van der Waals surface area contributed by atoms with Crippen LogP contribution in [-0.4, -0.2) is 51.1 Å². The second-order valence-corrected chi connectivity index (χ2v) is 8.89. The van der Waals surface area contributed by atoms with E-state index in [1.165, 1.54) is 75.0 Å². The van der Waals surface area contributed by atoms with Crippen LogP contribution in [0.15, 0.2) is 29.3 Å². The SMILES string of the molecule is Cc1[nH]c(/C=C2/C(=O)NN=C2c2cnccn2)c(C2CC2)c1CCCCN1CCCC1. The van der Waals surface area contributed by atoms with Crippen LogP contribution in [0.5, 0.6) is 0 Å². The Balaban J connectivity index is 1.37. The maximum absolute atomic E-state index is 12.5. The summed E-state index contributed by atoms with van der Waals surface area (Å²) >= 11 is 0. The molecule has 0 spiro atoms. The summed E-state index contributed by atoms with van der Waals surface area (Å²) in [5, 5.41) is 4.21. The Morgan fingerprint density at radius 2 is 2.03 bits per heavy atom. The molecule has 0 aromatic carbocycles. The summed E-state index contributed by atoms with van der Waals surface area (Å²) in [5.74, 6) is 0.411. The maximum Gasteiger partial charge on any atom is 0.273 e. The maximum atomic E-state index is 12.5. The molecule has 1 amide bonds. The highest BCUT2D eigenvalue weighted by atomic mass is 16.2. The molecule has 2 N–H and O–H groups in total. The highest BCUT2D eigenvalue weighted by Crippen LogP contribution is 2.45. The lowest BCUT2D eigenvalue weighted by Crippen LogP contribution is -2.20. The van der Waals surface area contributed by atoms with E-state index < -0.39 is 0 Å². The quantitative estimate of drug-likeness (QED) is 0.509. The fourth-order valence-electron chi connectivity index (χ4n) is 4.86. The Morgan fingerprint density at radius 1 is 1.19 bits per heavy atom. The molecule has 0 radical (unpaired) electrons. The third-order valence-corrected chi connectivity index (χ3v) is 6.59. The van der Waals surface area contributed by atoms with Gasteiger partial charge in [0.05, 0.1) is 11.8 Å². The van der Waals surface area contributed by atoms with Crippen LogP contribution in [0.25, 0.3) is 6.08 Å². The van der Waals surface area contributed by atoms with Gasteiger partial charge in [0.1, 0.15) is 11.4 Å². The monoisotopic (exact) mass is 418 g/mol. The van der Waals surface area contributed by atoms with Crippen LogP contribution >= 0.6 is 0 Å². The Bertz CT molecular complexity index is 1010. The fraction of sp³-hybridized carbons (Fsp3) is 0.500. The van der Waals surface area contributed by atoms with Gasteiger partial charge < -0.3 is 9.88 Å². The van der Waals surface area contributed by atoms with Crippen LogP contribution in [0.1, 0.15) is 72.7 Å². The molecule has 162 valence electrons. The molecule has 5 rings (SSSR count). The van der Waals surface area contributed by atoms with E-state index in [1.54, 1.807) is 18.6 Å². The largest absolute Gasteiger partial charge is 0.359 e. The number of hydrogen-bond donors (Lipinski definition) is 2. The summed E-state index contributed by atoms with van der Waals surface area (Å²) in [5.41, 5.74) is 9.43. The van der Waals surface area contributed by atoms with Gasteiger partial charge >= 0.3 is 0 Å². The lowest BCUT2D eigenvalue weighted by molar-refractivity contribution is -0.116. The lowest BCUT2D eigenvalue weighted by atomic mass is 9.97. The van der Waals surface area contributed by atoms with E-state index in [1.807, 2.05) is 6.08 Å². The number of carbonyl (C=O) groups excluding carboxylic acids is 1. The van der Waals surface area contributed by atoms with Crippen molar-refractivity contribution in [3.05, 3.63) is 52.4 Å². The molecule has 0 bridgehead atoms. The van der Waals surface area contributed by atoms with Gasteiger partial charge in [-0.05, 0) is 94.6 Å². The predicted molar refractivity (Wildman–Crippen MR) is 121 cm³/mol. The van der Waals surface area contributed by atoms with Crippen molar-refractivity contribution >= 4 is 17.7 Å². The van der Waals surface area contributed by atoms with Crippen LogP contribution < -0.4 is 5.43 Å². The van der Waals surface area contributed by atoms with E-state index in [9.17, 15) is 4.79 Å². The zero-order valence-electron chi connectivity index (χ0n) is 18.2. The van der Waals surface area contributed by atoms with E-state index >= 15 is 0 Å². The summed E-state index contributed by atoms with van der Waals surface area (Å²) in [6.45, 7) is 5.92. The zero-order chi connectivity index (χ0) is 21.2. The van der Waals surface area contributed by atoms with E-state index in [0.717, 1.165) is 12.1 Å². The van der Waals surface area contributed by atoms with Crippen LogP contribution in [0.4, 0.5) is 0 Å². The van der Waals surface area contributed by atoms with Gasteiger partial charge in [0.25, 0.3) is 5.91 Å². The summed E-state index contributed by atoms with van der Waals surface area (Å²) in [6.07, 6.45) is 15.6. The van der Waals surface area contributed by atoms with Crippen molar-refractivity contribution in [1.29, 1.82) is 0 Å². The molecule has 2 aromatic rings. The molecule has 7 heteroatoms. The molecule has 7 nitrogen and oxygen atoms in total. The van der Waals surface area contributed by atoms with Gasteiger partial charge in [0.2, 0.25) is 0 Å². The van der Waals surface area contributed by atoms with Crippen LogP contribution in [0.2, 0.25) is 0 Å². The highest BCUT2D eigenvalue weighted by Gasteiger charge is 2.32. The molecule has 3 aliphatic rings. The average Bonchev–Trinajstić information content (AvgIpc) is 3.21. The first kappa shape index (κ1) is 20.1. The van der Waals surface area contributed by atoms with Crippen molar-refractivity contribution in [2.45, 2.75) is 57.8 Å². The third kappa shape index (κ3) is 4.32. The second-order valence-electron chi connectivity index (χ2n) is 8.89. The van der Waals surface area contributed by atoms with Crippen molar-refractivity contribution in [3.8, 4) is 0 Å². The number of rotatable bonds is 8. The minimum atomic E-state index is -0.193. The first-order valence-electron chi connectivity index (χ1n) is 11.5. The second kappa shape index (κ2) is 8.75. The summed E-state index contributed by atoms with van der Waals surface area (Å²) < 4.78 is 0. The number of amides is 1. The van der Waals surface area contributed by atoms with E-state index in [2.05, 4.69) is 37.3 Å². The van der Waals surface area contributed by atoms with Gasteiger partial charge in [0, 0.05) is 23.8 Å². The van der Waals surface area contributed by atoms with Crippen LogP contribution in [-0.2, 0) is 11.2 Å². The van der Waals surface area contributed by atoms with Gasteiger partial charge in [-0.25, -0.2) is 5.43 Å². The van der Waals surface area contributed by atoms with Crippen molar-refractivity contribution in [1.82, 2.24) is 25.3 Å². The van der Waals surface area contributed by atoms with Gasteiger partial charge in [-0.3, -0.25) is 14.8 Å². The van der Waals surface area contributed by atoms with Crippen molar-refractivity contribution < 1.29 is 4.79 Å². The number of unbranched alkanes of at least 4 members (excludes halogenated alkanes) is 1. The number of likely N-dealkylation sites (tertiary alicyclic amines) is 1. The molecule has 1 saturated carbocycles.